The number of fused-ring (bicyclic) bond motifs is 3. The number of benzene rings is 8. The molecule has 0 spiro atoms. The number of hydrogen-bond donors (Lipinski definition) is 0. The van der Waals surface area contributed by atoms with E-state index >= 15 is 0 Å². The lowest BCUT2D eigenvalue weighted by Crippen LogP contribution is -2.28. The molecule has 8 aromatic rings. The smallest absolute Gasteiger partial charge is 0.0713 e. The van der Waals surface area contributed by atoms with Gasteiger partial charge in [-0.15, -0.1) is 0 Å². The maximum Gasteiger partial charge on any atom is 0.0713 e. The lowest BCUT2D eigenvalue weighted by atomic mass is 9.68. The van der Waals surface area contributed by atoms with Crippen molar-refractivity contribution in [2.45, 2.75) is 122 Å². The van der Waals surface area contributed by atoms with Gasteiger partial charge >= 0.3 is 0 Å². The molecule has 0 fully saturated rings. The van der Waals surface area contributed by atoms with Crippen LogP contribution >= 0.6 is 0 Å². The van der Waals surface area contributed by atoms with Crippen molar-refractivity contribution in [3.05, 3.63) is 275 Å². The van der Waals surface area contributed by atoms with Gasteiger partial charge in [-0.3, -0.25) is 0 Å². The molecule has 8 aromatic carbocycles. The summed E-state index contributed by atoms with van der Waals surface area (Å²) >= 11 is 0. The van der Waals surface area contributed by atoms with Gasteiger partial charge in [0.15, 0.2) is 0 Å². The third-order valence-electron chi connectivity index (χ3n) is 10.5. The molecule has 1 aliphatic rings. The van der Waals surface area contributed by atoms with Gasteiger partial charge in [0.05, 0.1) is 5.41 Å². The van der Waals surface area contributed by atoms with Crippen molar-refractivity contribution >= 4 is 0 Å². The van der Waals surface area contributed by atoms with Crippen molar-refractivity contribution in [3.8, 4) is 11.1 Å². The van der Waals surface area contributed by atoms with E-state index in [1.165, 1.54) is 55.6 Å². The van der Waals surface area contributed by atoms with E-state index < -0.39 is 0 Å². The van der Waals surface area contributed by atoms with Gasteiger partial charge in [-0.1, -0.05) is 335 Å². The van der Waals surface area contributed by atoms with Crippen molar-refractivity contribution in [2.24, 2.45) is 0 Å². The Labute approximate surface area is 405 Å². The monoisotopic (exact) mass is 879 g/mol. The maximum atomic E-state index is 2.29. The molecular weight excluding hydrogens is 793 g/mol. The Balaban J connectivity index is 0.000000896. The van der Waals surface area contributed by atoms with E-state index in [0.717, 1.165) is 6.42 Å². The Kier molecular flexibility index (Phi) is 31.8. The van der Waals surface area contributed by atoms with Crippen LogP contribution in [0.3, 0.4) is 0 Å². The summed E-state index contributed by atoms with van der Waals surface area (Å²) in [5, 5.41) is 0. The fourth-order valence-electron chi connectivity index (χ4n) is 7.70. The molecule has 0 saturated carbocycles. The Morgan fingerprint density at radius 1 is 0.288 bits per heavy atom. The highest BCUT2D eigenvalue weighted by Crippen LogP contribution is 2.55. The van der Waals surface area contributed by atoms with Crippen LogP contribution in [0.2, 0.25) is 0 Å². The van der Waals surface area contributed by atoms with E-state index in [4.69, 9.17) is 0 Å². The summed E-state index contributed by atoms with van der Waals surface area (Å²) in [6.45, 7) is 28.5. The minimum Gasteiger partial charge on any atom is -0.0776 e. The molecule has 0 heteroatoms. The van der Waals surface area contributed by atoms with Gasteiger partial charge in [0.25, 0.3) is 0 Å². The third kappa shape index (κ3) is 16.0. The van der Waals surface area contributed by atoms with Gasteiger partial charge < -0.3 is 0 Å². The third-order valence-corrected chi connectivity index (χ3v) is 10.5. The molecule has 9 rings (SSSR count). The fraction of sp³-hybridized carbons (Fsp3) is 0.273. The van der Waals surface area contributed by atoms with Crippen LogP contribution in [0.5, 0.6) is 0 Å². The molecule has 0 radical (unpaired) electrons. The fourth-order valence-corrected chi connectivity index (χ4v) is 7.70. The van der Waals surface area contributed by atoms with Gasteiger partial charge in [0.1, 0.15) is 0 Å². The summed E-state index contributed by atoms with van der Waals surface area (Å²) in [6, 6.07) is 81.8. The van der Waals surface area contributed by atoms with Crippen LogP contribution in [0, 0.1) is 0 Å². The van der Waals surface area contributed by atoms with E-state index in [0.29, 0.717) is 0 Å². The van der Waals surface area contributed by atoms with Crippen LogP contribution in [0.1, 0.15) is 149 Å². The van der Waals surface area contributed by atoms with Crippen molar-refractivity contribution in [3.63, 3.8) is 0 Å². The topological polar surface area (TPSA) is 0 Å². The van der Waals surface area contributed by atoms with Crippen molar-refractivity contribution in [1.29, 1.82) is 0 Å². The molecule has 0 bridgehead atoms. The van der Waals surface area contributed by atoms with Gasteiger partial charge in [0, 0.05) is 5.41 Å². The summed E-state index contributed by atoms with van der Waals surface area (Å²) in [7, 11) is 0. The van der Waals surface area contributed by atoms with Crippen LogP contribution < -0.4 is 0 Å². The zero-order chi connectivity index (χ0) is 48.4. The van der Waals surface area contributed by atoms with Crippen molar-refractivity contribution in [2.75, 3.05) is 0 Å². The second kappa shape index (κ2) is 35.1. The van der Waals surface area contributed by atoms with Gasteiger partial charge in [0.2, 0.25) is 0 Å². The van der Waals surface area contributed by atoms with E-state index in [1.54, 1.807) is 0 Å². The van der Waals surface area contributed by atoms with Crippen LogP contribution in [0.4, 0.5) is 0 Å². The molecule has 350 valence electrons. The second-order valence-electron chi connectivity index (χ2n) is 14.1. The zero-order valence-corrected chi connectivity index (χ0v) is 42.6. The van der Waals surface area contributed by atoms with E-state index in [9.17, 15) is 0 Å². The standard InChI is InChI=1S/C25H18.C15H16.C13H12.6C2H6.CH4/c1-3-11-19(12-4-1)25(20-13-5-2-6-14-20)23-17-9-7-15-21(23)22-16-8-10-18-24(22)25;1-15(2,13-9-5-3-6-10-13)14-11-7-4-8-12-14;1-3-7-12(8-4-1)11-13-9-5-2-6-10-13;6*1-2;/h1-18H;3-12H,1-2H3;1-10H,11H2;6*1-2H3;1H4. The largest absolute Gasteiger partial charge is 0.0776 e. The van der Waals surface area contributed by atoms with Crippen LogP contribution in [0.25, 0.3) is 11.1 Å². The second-order valence-corrected chi connectivity index (χ2v) is 14.1. The molecule has 0 nitrogen and oxygen atoms in total. The highest BCUT2D eigenvalue weighted by atomic mass is 14.5. The average Bonchev–Trinajstić information content (AvgIpc) is 3.73. The first kappa shape index (κ1) is 59.8. The minimum absolute atomic E-state index is 0. The first-order valence-electron chi connectivity index (χ1n) is 24.6. The average molecular weight is 879 g/mol. The van der Waals surface area contributed by atoms with E-state index in [1.807, 2.05) is 83.1 Å². The van der Waals surface area contributed by atoms with Crippen LogP contribution in [-0.4, -0.2) is 0 Å². The zero-order valence-electron chi connectivity index (χ0n) is 42.6. The SMILES string of the molecule is C.CC.CC.CC.CC.CC.CC.CC(C)(c1ccccc1)c1ccccc1.c1ccc(C2(c3ccccc3)c3ccccc3-c3ccccc32)cc1.c1ccc(Cc2ccccc2)cc1. The molecule has 0 N–H and O–H groups in total. The first-order chi connectivity index (χ1) is 32.1. The summed E-state index contributed by atoms with van der Waals surface area (Å²) < 4.78 is 0. The summed E-state index contributed by atoms with van der Waals surface area (Å²) in [4.78, 5) is 0. The van der Waals surface area contributed by atoms with E-state index in [2.05, 4.69) is 244 Å². The number of hydrogen-bond acceptors (Lipinski definition) is 0. The number of rotatable bonds is 6. The lowest BCUT2D eigenvalue weighted by Gasteiger charge is -2.33. The van der Waals surface area contributed by atoms with Crippen LogP contribution in [0.15, 0.2) is 231 Å². The van der Waals surface area contributed by atoms with Crippen molar-refractivity contribution in [1.82, 2.24) is 0 Å². The van der Waals surface area contributed by atoms with Gasteiger partial charge in [-0.2, -0.15) is 0 Å². The predicted octanol–water partition coefficient (Wildman–Crippen LogP) is 20.1. The van der Waals surface area contributed by atoms with Crippen LogP contribution in [-0.2, 0) is 17.3 Å². The normalized spacial score (nSPS) is 10.3. The summed E-state index contributed by atoms with van der Waals surface area (Å²) in [5.74, 6) is 0. The Morgan fingerprint density at radius 3 is 0.803 bits per heavy atom. The molecule has 0 aromatic heterocycles. The molecule has 0 atom stereocenters. The van der Waals surface area contributed by atoms with E-state index in [-0.39, 0.29) is 18.3 Å². The Hall–Kier alpha value is -6.24. The Morgan fingerprint density at radius 2 is 0.515 bits per heavy atom. The molecule has 66 heavy (non-hydrogen) atoms. The molecule has 0 amide bonds. The lowest BCUT2D eigenvalue weighted by molar-refractivity contribution is 0.641. The minimum atomic E-state index is -0.254. The quantitative estimate of drug-likeness (QED) is 0.156. The molecule has 0 unspecified atom stereocenters. The maximum absolute atomic E-state index is 2.29. The van der Waals surface area contributed by atoms with Gasteiger partial charge in [-0.25, -0.2) is 0 Å². The Bertz CT molecular complexity index is 2130. The molecule has 0 heterocycles. The molecule has 0 aliphatic heterocycles. The van der Waals surface area contributed by atoms with Gasteiger partial charge in [-0.05, 0) is 62.1 Å². The highest BCUT2D eigenvalue weighted by Gasteiger charge is 2.45. The molecular formula is C66H86. The summed E-state index contributed by atoms with van der Waals surface area (Å²) in [5.41, 5.74) is 13.3. The molecule has 0 saturated heterocycles. The molecule has 1 aliphatic carbocycles. The summed E-state index contributed by atoms with van der Waals surface area (Å²) in [6.07, 6.45) is 1.03. The first-order valence-corrected chi connectivity index (χ1v) is 24.6. The highest BCUT2D eigenvalue weighted by molar-refractivity contribution is 5.86. The van der Waals surface area contributed by atoms with Crippen molar-refractivity contribution < 1.29 is 0 Å². The predicted molar refractivity (Wildman–Crippen MR) is 299 cm³/mol.